The van der Waals surface area contributed by atoms with Crippen molar-refractivity contribution in [3.63, 3.8) is 0 Å². The first kappa shape index (κ1) is 14.6. The van der Waals surface area contributed by atoms with E-state index in [1.165, 1.54) is 12.5 Å². The number of rotatable bonds is 3. The summed E-state index contributed by atoms with van der Waals surface area (Å²) in [5.74, 6) is 0.991. The number of hydrogen-bond acceptors (Lipinski definition) is 5. The fraction of sp³-hybridized carbons (Fsp3) is 0.438. The van der Waals surface area contributed by atoms with Crippen molar-refractivity contribution in [2.75, 3.05) is 31.6 Å². The van der Waals surface area contributed by atoms with Gasteiger partial charge < -0.3 is 14.2 Å². The van der Waals surface area contributed by atoms with Gasteiger partial charge in [0.2, 0.25) is 0 Å². The fourth-order valence-electron chi connectivity index (χ4n) is 2.76. The molecule has 0 fully saturated rings. The summed E-state index contributed by atoms with van der Waals surface area (Å²) in [5, 5.41) is 0. The zero-order valence-electron chi connectivity index (χ0n) is 13.0. The standard InChI is InChI=1S/C16H20N4O2/c1-3-19(2)15-13-4-7-20(8-5-14(13)17-11-18-15)16(21)12-6-9-22-10-12/h6,9-11H,3-5,7-8H2,1-2H3. The van der Waals surface area contributed by atoms with E-state index in [0.29, 0.717) is 18.7 Å². The Morgan fingerprint density at radius 2 is 2.18 bits per heavy atom. The summed E-state index contributed by atoms with van der Waals surface area (Å²) in [7, 11) is 2.03. The van der Waals surface area contributed by atoms with E-state index < -0.39 is 0 Å². The third kappa shape index (κ3) is 2.68. The Kier molecular flexibility index (Phi) is 4.09. The average Bonchev–Trinajstić information content (AvgIpc) is 3.00. The van der Waals surface area contributed by atoms with E-state index in [2.05, 4.69) is 21.8 Å². The fourth-order valence-corrected chi connectivity index (χ4v) is 2.76. The minimum absolute atomic E-state index is 0.0138. The van der Waals surface area contributed by atoms with Gasteiger partial charge >= 0.3 is 0 Å². The molecule has 116 valence electrons. The molecule has 0 radical (unpaired) electrons. The number of hydrogen-bond donors (Lipinski definition) is 0. The van der Waals surface area contributed by atoms with Crippen LogP contribution >= 0.6 is 0 Å². The van der Waals surface area contributed by atoms with E-state index in [-0.39, 0.29) is 5.91 Å². The van der Waals surface area contributed by atoms with Gasteiger partial charge in [-0.3, -0.25) is 4.79 Å². The van der Waals surface area contributed by atoms with E-state index in [0.717, 1.165) is 36.5 Å². The minimum Gasteiger partial charge on any atom is -0.472 e. The summed E-state index contributed by atoms with van der Waals surface area (Å²) in [6, 6.07) is 1.70. The maximum absolute atomic E-state index is 12.5. The van der Waals surface area contributed by atoms with Crippen molar-refractivity contribution >= 4 is 11.7 Å². The molecule has 1 aliphatic rings. The van der Waals surface area contributed by atoms with Gasteiger partial charge in [0.05, 0.1) is 17.5 Å². The molecule has 1 aliphatic heterocycles. The molecule has 0 aromatic carbocycles. The SMILES string of the molecule is CCN(C)c1ncnc2c1CCN(C(=O)c1ccoc1)CC2. The van der Waals surface area contributed by atoms with Gasteiger partial charge in [-0.2, -0.15) is 0 Å². The number of carbonyl (C=O) groups excluding carboxylic acids is 1. The molecular formula is C16H20N4O2. The average molecular weight is 300 g/mol. The summed E-state index contributed by atoms with van der Waals surface area (Å²) < 4.78 is 5.01. The highest BCUT2D eigenvalue weighted by Gasteiger charge is 2.23. The molecular weight excluding hydrogens is 280 g/mol. The molecule has 0 aliphatic carbocycles. The lowest BCUT2D eigenvalue weighted by Gasteiger charge is -2.20. The van der Waals surface area contributed by atoms with Crippen LogP contribution in [0.15, 0.2) is 29.3 Å². The highest BCUT2D eigenvalue weighted by molar-refractivity contribution is 5.93. The maximum atomic E-state index is 12.5. The molecule has 0 saturated heterocycles. The highest BCUT2D eigenvalue weighted by atomic mass is 16.3. The number of anilines is 1. The second-order valence-electron chi connectivity index (χ2n) is 5.44. The van der Waals surface area contributed by atoms with Crippen molar-refractivity contribution in [1.29, 1.82) is 0 Å². The van der Waals surface area contributed by atoms with Crippen LogP contribution in [0.5, 0.6) is 0 Å². The van der Waals surface area contributed by atoms with Crippen LogP contribution in [0.3, 0.4) is 0 Å². The van der Waals surface area contributed by atoms with Crippen LogP contribution in [0.4, 0.5) is 5.82 Å². The summed E-state index contributed by atoms with van der Waals surface area (Å²) in [4.78, 5) is 25.3. The first-order chi connectivity index (χ1) is 10.7. The molecule has 2 aromatic heterocycles. The second kappa shape index (κ2) is 6.17. The van der Waals surface area contributed by atoms with Crippen LogP contribution in [0.25, 0.3) is 0 Å². The van der Waals surface area contributed by atoms with Crippen molar-refractivity contribution in [2.24, 2.45) is 0 Å². The Morgan fingerprint density at radius 3 is 2.91 bits per heavy atom. The molecule has 0 N–H and O–H groups in total. The van der Waals surface area contributed by atoms with Crippen LogP contribution in [0, 0.1) is 0 Å². The molecule has 0 spiro atoms. The quantitative estimate of drug-likeness (QED) is 0.864. The summed E-state index contributed by atoms with van der Waals surface area (Å²) in [6.07, 6.45) is 6.18. The number of furan rings is 1. The molecule has 0 bridgehead atoms. The number of nitrogens with zero attached hydrogens (tertiary/aromatic N) is 4. The summed E-state index contributed by atoms with van der Waals surface area (Å²) in [5.41, 5.74) is 2.81. The Hall–Kier alpha value is -2.37. The molecule has 0 saturated carbocycles. The molecule has 6 nitrogen and oxygen atoms in total. The van der Waals surface area contributed by atoms with Crippen LogP contribution in [0.1, 0.15) is 28.5 Å². The third-order valence-corrected chi connectivity index (χ3v) is 4.15. The summed E-state index contributed by atoms with van der Waals surface area (Å²) in [6.45, 7) is 4.33. The second-order valence-corrected chi connectivity index (χ2v) is 5.44. The van der Waals surface area contributed by atoms with Gasteiger partial charge in [-0.25, -0.2) is 9.97 Å². The third-order valence-electron chi connectivity index (χ3n) is 4.15. The zero-order valence-corrected chi connectivity index (χ0v) is 13.0. The van der Waals surface area contributed by atoms with Crippen molar-refractivity contribution < 1.29 is 9.21 Å². The number of amides is 1. The van der Waals surface area contributed by atoms with Gasteiger partial charge in [-0.1, -0.05) is 0 Å². The number of fused-ring (bicyclic) bond motifs is 1. The zero-order chi connectivity index (χ0) is 15.5. The van der Waals surface area contributed by atoms with Crippen molar-refractivity contribution in [1.82, 2.24) is 14.9 Å². The largest absolute Gasteiger partial charge is 0.472 e. The first-order valence-corrected chi connectivity index (χ1v) is 7.56. The van der Waals surface area contributed by atoms with Gasteiger partial charge in [0.1, 0.15) is 18.4 Å². The van der Waals surface area contributed by atoms with Crippen molar-refractivity contribution in [2.45, 2.75) is 19.8 Å². The maximum Gasteiger partial charge on any atom is 0.257 e. The normalized spacial score (nSPS) is 14.4. The van der Waals surface area contributed by atoms with Crippen LogP contribution in [0.2, 0.25) is 0 Å². The van der Waals surface area contributed by atoms with Gasteiger partial charge in [0.15, 0.2) is 0 Å². The van der Waals surface area contributed by atoms with E-state index in [4.69, 9.17) is 4.42 Å². The van der Waals surface area contributed by atoms with E-state index >= 15 is 0 Å². The molecule has 3 heterocycles. The van der Waals surface area contributed by atoms with Crippen molar-refractivity contribution in [3.05, 3.63) is 41.7 Å². The minimum atomic E-state index is 0.0138. The Balaban J connectivity index is 1.82. The van der Waals surface area contributed by atoms with Gasteiger partial charge in [0, 0.05) is 38.7 Å². The van der Waals surface area contributed by atoms with E-state index in [1.807, 2.05) is 11.9 Å². The Labute approximate surface area is 129 Å². The van der Waals surface area contributed by atoms with Gasteiger partial charge in [-0.15, -0.1) is 0 Å². The Bertz CT molecular complexity index is 654. The van der Waals surface area contributed by atoms with Crippen LogP contribution in [-0.2, 0) is 12.8 Å². The van der Waals surface area contributed by atoms with Gasteiger partial charge in [0.25, 0.3) is 5.91 Å². The van der Waals surface area contributed by atoms with Gasteiger partial charge in [-0.05, 0) is 19.4 Å². The lowest BCUT2D eigenvalue weighted by atomic mass is 10.1. The predicted octanol–water partition coefficient (Wildman–Crippen LogP) is 1.77. The number of carbonyl (C=O) groups is 1. The lowest BCUT2D eigenvalue weighted by molar-refractivity contribution is 0.0762. The van der Waals surface area contributed by atoms with Crippen LogP contribution < -0.4 is 4.90 Å². The summed E-state index contributed by atoms with van der Waals surface area (Å²) >= 11 is 0. The highest BCUT2D eigenvalue weighted by Crippen LogP contribution is 2.23. The Morgan fingerprint density at radius 1 is 1.36 bits per heavy atom. The van der Waals surface area contributed by atoms with Crippen molar-refractivity contribution in [3.8, 4) is 0 Å². The predicted molar refractivity (Wildman–Crippen MR) is 83.0 cm³/mol. The number of aromatic nitrogens is 2. The molecule has 1 amide bonds. The molecule has 22 heavy (non-hydrogen) atoms. The first-order valence-electron chi connectivity index (χ1n) is 7.56. The van der Waals surface area contributed by atoms with E-state index in [1.54, 1.807) is 12.4 Å². The monoisotopic (exact) mass is 300 g/mol. The molecule has 3 rings (SSSR count). The lowest BCUT2D eigenvalue weighted by Crippen LogP contribution is -2.33. The smallest absolute Gasteiger partial charge is 0.257 e. The van der Waals surface area contributed by atoms with Crippen LogP contribution in [-0.4, -0.2) is 47.5 Å². The molecule has 0 unspecified atom stereocenters. The van der Waals surface area contributed by atoms with E-state index in [9.17, 15) is 4.79 Å². The molecule has 2 aromatic rings. The topological polar surface area (TPSA) is 62.5 Å². The molecule has 6 heteroatoms. The molecule has 0 atom stereocenters.